The largest absolute Gasteiger partial charge is 0.462 e. The Morgan fingerprint density at radius 2 is 1.91 bits per heavy atom. The van der Waals surface area contributed by atoms with E-state index in [9.17, 15) is 18.0 Å². The Labute approximate surface area is 205 Å². The number of hydrogen-bond donors (Lipinski definition) is 1. The van der Waals surface area contributed by atoms with Crippen molar-refractivity contribution in [3.8, 4) is 5.88 Å². The van der Waals surface area contributed by atoms with E-state index in [1.165, 1.54) is 30.5 Å². The number of rotatable bonds is 8. The van der Waals surface area contributed by atoms with Crippen molar-refractivity contribution in [2.45, 2.75) is 83.2 Å². The number of carbonyl (C=O) groups is 1. The van der Waals surface area contributed by atoms with Gasteiger partial charge in [-0.05, 0) is 63.6 Å². The van der Waals surface area contributed by atoms with E-state index in [1.54, 1.807) is 13.8 Å². The van der Waals surface area contributed by atoms with Crippen LogP contribution in [0, 0.1) is 5.92 Å². The van der Waals surface area contributed by atoms with Crippen molar-refractivity contribution in [1.29, 1.82) is 0 Å². The molecule has 4 rings (SSSR count). The van der Waals surface area contributed by atoms with Gasteiger partial charge in [0, 0.05) is 36.6 Å². The van der Waals surface area contributed by atoms with Crippen LogP contribution in [0.3, 0.4) is 0 Å². The van der Waals surface area contributed by atoms with Crippen LogP contribution < -0.4 is 15.0 Å². The summed E-state index contributed by atoms with van der Waals surface area (Å²) in [7, 11) is 0. The molecule has 1 amide bonds. The molecule has 0 radical (unpaired) electrons. The number of hydrogen-bond acceptors (Lipinski definition) is 4. The number of carbonyl (C=O) groups excluding carboxylic acids is 1. The highest BCUT2D eigenvalue weighted by Crippen LogP contribution is 2.36. The third kappa shape index (κ3) is 5.90. The lowest BCUT2D eigenvalue weighted by Crippen LogP contribution is -2.57. The van der Waals surface area contributed by atoms with Gasteiger partial charge >= 0.3 is 6.18 Å². The molecule has 2 unspecified atom stereocenters. The van der Waals surface area contributed by atoms with Crippen LogP contribution in [0.5, 0.6) is 5.88 Å². The van der Waals surface area contributed by atoms with Gasteiger partial charge in [-0.3, -0.25) is 4.79 Å². The predicted molar refractivity (Wildman–Crippen MR) is 129 cm³/mol. The molecular weight excluding hydrogens is 455 g/mol. The van der Waals surface area contributed by atoms with Gasteiger partial charge in [-0.15, -0.1) is 0 Å². The third-order valence-electron chi connectivity index (χ3n) is 7.25. The highest BCUT2D eigenvalue weighted by Gasteiger charge is 2.37. The van der Waals surface area contributed by atoms with Gasteiger partial charge in [-0.2, -0.15) is 13.2 Å². The van der Waals surface area contributed by atoms with Crippen molar-refractivity contribution < 1.29 is 22.7 Å². The standard InChI is InChI=1S/C27H34F3N3O2/c1-18(32-25(34)26(2,3)35-24-14-13-21(17-31-24)27(28,29)30)23(16-19-8-6-9-19)33-15-7-11-20-10-4-5-12-22(20)33/h4-5,10,12-14,17-19,23H,6-9,11,15-16H2,1-3H3,(H,32,34). The molecule has 5 nitrogen and oxygen atoms in total. The van der Waals surface area contributed by atoms with E-state index < -0.39 is 17.3 Å². The third-order valence-corrected chi connectivity index (χ3v) is 7.25. The summed E-state index contributed by atoms with van der Waals surface area (Å²) >= 11 is 0. The first-order chi connectivity index (χ1) is 16.5. The normalized spacial score (nSPS) is 18.3. The maximum Gasteiger partial charge on any atom is 0.417 e. The highest BCUT2D eigenvalue weighted by atomic mass is 19.4. The number of fused-ring (bicyclic) bond motifs is 1. The van der Waals surface area contributed by atoms with E-state index in [0.717, 1.165) is 37.9 Å². The van der Waals surface area contributed by atoms with Crippen molar-refractivity contribution >= 4 is 11.6 Å². The molecule has 2 atom stereocenters. The molecule has 2 aliphatic rings. The number of nitrogens with one attached hydrogen (secondary N) is 1. The monoisotopic (exact) mass is 489 g/mol. The average Bonchev–Trinajstić information content (AvgIpc) is 2.77. The van der Waals surface area contributed by atoms with Crippen LogP contribution in [0.2, 0.25) is 0 Å². The number of amides is 1. The van der Waals surface area contributed by atoms with E-state index in [1.807, 2.05) is 6.92 Å². The second-order valence-corrected chi connectivity index (χ2v) is 10.3. The summed E-state index contributed by atoms with van der Waals surface area (Å²) in [4.78, 5) is 19.5. The number of pyridine rings is 1. The van der Waals surface area contributed by atoms with Crippen molar-refractivity contribution in [1.82, 2.24) is 10.3 Å². The molecular formula is C27H34F3N3O2. The van der Waals surface area contributed by atoms with E-state index in [4.69, 9.17) is 4.74 Å². The van der Waals surface area contributed by atoms with Gasteiger partial charge in [-0.25, -0.2) is 4.98 Å². The van der Waals surface area contributed by atoms with E-state index in [2.05, 4.69) is 39.5 Å². The lowest BCUT2D eigenvalue weighted by atomic mass is 9.78. The fourth-order valence-electron chi connectivity index (χ4n) is 4.97. The molecule has 1 fully saturated rings. The van der Waals surface area contributed by atoms with Crippen LogP contribution in [-0.4, -0.2) is 35.1 Å². The molecule has 190 valence electrons. The van der Waals surface area contributed by atoms with Crippen LogP contribution in [0.1, 0.15) is 64.0 Å². The number of para-hydroxylation sites is 1. The molecule has 0 spiro atoms. The summed E-state index contributed by atoms with van der Waals surface area (Å²) in [6.45, 7) is 6.19. The zero-order chi connectivity index (χ0) is 25.2. The minimum atomic E-state index is -4.48. The van der Waals surface area contributed by atoms with Crippen LogP contribution in [0.4, 0.5) is 18.9 Å². The van der Waals surface area contributed by atoms with Crippen LogP contribution >= 0.6 is 0 Å². The summed E-state index contributed by atoms with van der Waals surface area (Å²) in [6.07, 6.45) is 3.09. The molecule has 1 aliphatic carbocycles. The van der Waals surface area contributed by atoms with Gasteiger partial charge in [0.05, 0.1) is 5.56 Å². The molecule has 0 bridgehead atoms. The number of anilines is 1. The van der Waals surface area contributed by atoms with Gasteiger partial charge < -0.3 is 15.0 Å². The Balaban J connectivity index is 1.47. The highest BCUT2D eigenvalue weighted by molar-refractivity contribution is 5.85. The van der Waals surface area contributed by atoms with Gasteiger partial charge in [0.15, 0.2) is 5.60 Å². The minimum Gasteiger partial charge on any atom is -0.462 e. The van der Waals surface area contributed by atoms with E-state index in [-0.39, 0.29) is 23.9 Å². The fourth-order valence-corrected chi connectivity index (χ4v) is 4.97. The Kier molecular flexibility index (Phi) is 7.29. The van der Waals surface area contributed by atoms with Gasteiger partial charge in [0.25, 0.3) is 5.91 Å². The summed E-state index contributed by atoms with van der Waals surface area (Å²) in [5.41, 5.74) is 0.421. The van der Waals surface area contributed by atoms with Crippen molar-refractivity contribution in [2.75, 3.05) is 11.4 Å². The first-order valence-corrected chi connectivity index (χ1v) is 12.4. The van der Waals surface area contributed by atoms with E-state index >= 15 is 0 Å². The molecule has 1 N–H and O–H groups in total. The molecule has 0 saturated heterocycles. The number of aryl methyl sites for hydroxylation is 1. The van der Waals surface area contributed by atoms with Gasteiger partial charge in [0.1, 0.15) is 0 Å². The molecule has 8 heteroatoms. The topological polar surface area (TPSA) is 54.5 Å². The minimum absolute atomic E-state index is 0.0261. The number of nitrogens with zero attached hydrogens (tertiary/aromatic N) is 2. The zero-order valence-corrected chi connectivity index (χ0v) is 20.6. The number of alkyl halides is 3. The van der Waals surface area contributed by atoms with Gasteiger partial charge in [0.2, 0.25) is 5.88 Å². The summed E-state index contributed by atoms with van der Waals surface area (Å²) in [6, 6.07) is 10.5. The molecule has 1 aromatic carbocycles. The number of aromatic nitrogens is 1. The van der Waals surface area contributed by atoms with Crippen LogP contribution in [0.25, 0.3) is 0 Å². The quantitative estimate of drug-likeness (QED) is 0.511. The molecule has 2 heterocycles. The Hall–Kier alpha value is -2.77. The summed E-state index contributed by atoms with van der Waals surface area (Å²) < 4.78 is 44.2. The molecule has 35 heavy (non-hydrogen) atoms. The predicted octanol–water partition coefficient (Wildman–Crippen LogP) is 5.77. The Morgan fingerprint density at radius 1 is 1.17 bits per heavy atom. The first-order valence-electron chi connectivity index (χ1n) is 12.4. The summed E-state index contributed by atoms with van der Waals surface area (Å²) in [5, 5.41) is 3.14. The lowest BCUT2D eigenvalue weighted by Gasteiger charge is -2.44. The van der Waals surface area contributed by atoms with Crippen molar-refractivity contribution in [3.05, 3.63) is 53.7 Å². The average molecular weight is 490 g/mol. The molecule has 1 aromatic heterocycles. The summed E-state index contributed by atoms with van der Waals surface area (Å²) in [5.74, 6) is 0.312. The SMILES string of the molecule is CC(NC(=O)C(C)(C)Oc1ccc(C(F)(F)F)cn1)C(CC1CCC1)N1CCCc2ccccc21. The van der Waals surface area contributed by atoms with E-state index in [0.29, 0.717) is 12.1 Å². The molecule has 2 aromatic rings. The molecule has 1 aliphatic heterocycles. The fraction of sp³-hybridized carbons (Fsp3) is 0.556. The first kappa shape index (κ1) is 25.3. The maximum atomic E-state index is 13.2. The van der Waals surface area contributed by atoms with Crippen LogP contribution in [-0.2, 0) is 17.4 Å². The second kappa shape index (κ2) is 10.1. The van der Waals surface area contributed by atoms with Crippen molar-refractivity contribution in [3.63, 3.8) is 0 Å². The number of ether oxygens (including phenoxy) is 1. The molecule has 1 saturated carbocycles. The Morgan fingerprint density at radius 3 is 2.54 bits per heavy atom. The zero-order valence-electron chi connectivity index (χ0n) is 20.6. The van der Waals surface area contributed by atoms with Crippen LogP contribution in [0.15, 0.2) is 42.6 Å². The smallest absolute Gasteiger partial charge is 0.417 e. The van der Waals surface area contributed by atoms with Gasteiger partial charge in [-0.1, -0.05) is 37.5 Å². The second-order valence-electron chi connectivity index (χ2n) is 10.3. The lowest BCUT2D eigenvalue weighted by molar-refractivity contribution is -0.138. The Bertz CT molecular complexity index is 1020. The van der Waals surface area contributed by atoms with Crippen molar-refractivity contribution in [2.24, 2.45) is 5.92 Å². The maximum absolute atomic E-state index is 13.2. The number of halogens is 3. The number of benzene rings is 1.